The van der Waals surface area contributed by atoms with Crippen molar-refractivity contribution in [2.45, 2.75) is 65.0 Å². The molecule has 20 heavy (non-hydrogen) atoms. The molecule has 2 N–H and O–H groups in total. The molecule has 0 aromatic heterocycles. The van der Waals surface area contributed by atoms with Crippen LogP contribution in [0.4, 0.5) is 4.39 Å². The maximum absolute atomic E-state index is 13.7. The summed E-state index contributed by atoms with van der Waals surface area (Å²) in [5.74, 6) is 1.31. The molecule has 1 fully saturated rings. The minimum atomic E-state index is -0.217. The normalized spacial score (nSPS) is 24.4. The molecule has 2 rings (SSSR count). The lowest BCUT2D eigenvalue weighted by Crippen LogP contribution is -2.26. The molecule has 112 valence electrons. The molecule has 3 atom stereocenters. The molecule has 3 heteroatoms. The van der Waals surface area contributed by atoms with Gasteiger partial charge in [0, 0.05) is 11.6 Å². The predicted octanol–water partition coefficient (Wildman–Crippen LogP) is 4.50. The maximum Gasteiger partial charge on any atom is 0.126 e. The summed E-state index contributed by atoms with van der Waals surface area (Å²) in [6, 6.07) is 3.10. The number of aryl methyl sites for hydroxylation is 1. The molecular weight excluding hydrogens is 253 g/mol. The Labute approximate surface area is 121 Å². The number of rotatable bonds is 4. The Kier molecular flexibility index (Phi) is 5.03. The number of hydrogen-bond donors (Lipinski definition) is 1. The van der Waals surface area contributed by atoms with Gasteiger partial charge in [-0.15, -0.1) is 0 Å². The molecule has 0 spiro atoms. The number of halogens is 1. The van der Waals surface area contributed by atoms with Crippen molar-refractivity contribution in [3.63, 3.8) is 0 Å². The maximum atomic E-state index is 13.7. The smallest absolute Gasteiger partial charge is 0.126 e. The van der Waals surface area contributed by atoms with E-state index in [-0.39, 0.29) is 18.0 Å². The van der Waals surface area contributed by atoms with Crippen LogP contribution in [0.25, 0.3) is 0 Å². The summed E-state index contributed by atoms with van der Waals surface area (Å²) in [7, 11) is 0. The van der Waals surface area contributed by atoms with E-state index >= 15 is 0 Å². The molecule has 0 bridgehead atoms. The fourth-order valence-electron chi connectivity index (χ4n) is 3.03. The molecule has 0 saturated heterocycles. The van der Waals surface area contributed by atoms with Gasteiger partial charge in [-0.2, -0.15) is 0 Å². The first-order chi connectivity index (χ1) is 9.51. The summed E-state index contributed by atoms with van der Waals surface area (Å²) in [6.45, 7) is 5.87. The van der Waals surface area contributed by atoms with Gasteiger partial charge >= 0.3 is 0 Å². The highest BCUT2D eigenvalue weighted by atomic mass is 19.1. The van der Waals surface area contributed by atoms with Gasteiger partial charge in [-0.1, -0.05) is 19.8 Å². The number of hydrogen-bond acceptors (Lipinski definition) is 2. The lowest BCUT2D eigenvalue weighted by atomic mass is 9.85. The zero-order valence-corrected chi connectivity index (χ0v) is 12.8. The molecule has 0 aliphatic heterocycles. The molecule has 0 heterocycles. The summed E-state index contributed by atoms with van der Waals surface area (Å²) < 4.78 is 19.9. The van der Waals surface area contributed by atoms with E-state index in [2.05, 4.69) is 6.92 Å². The minimum Gasteiger partial charge on any atom is -0.490 e. The lowest BCUT2D eigenvalue weighted by molar-refractivity contribution is 0.120. The highest BCUT2D eigenvalue weighted by molar-refractivity contribution is 5.40. The van der Waals surface area contributed by atoms with E-state index < -0.39 is 0 Å². The summed E-state index contributed by atoms with van der Waals surface area (Å²) >= 11 is 0. The molecule has 2 unspecified atom stereocenters. The van der Waals surface area contributed by atoms with Gasteiger partial charge in [0.2, 0.25) is 0 Å². The summed E-state index contributed by atoms with van der Waals surface area (Å²) in [5, 5.41) is 0. The van der Waals surface area contributed by atoms with Crippen molar-refractivity contribution in [3.05, 3.63) is 29.1 Å². The number of benzene rings is 1. The third-order valence-electron chi connectivity index (χ3n) is 4.39. The third-order valence-corrected chi connectivity index (χ3v) is 4.39. The topological polar surface area (TPSA) is 35.2 Å². The Bertz CT molecular complexity index is 459. The van der Waals surface area contributed by atoms with E-state index in [0.29, 0.717) is 5.56 Å². The van der Waals surface area contributed by atoms with Crippen LogP contribution in [0, 0.1) is 18.7 Å². The van der Waals surface area contributed by atoms with Crippen molar-refractivity contribution in [2.24, 2.45) is 11.7 Å². The highest BCUT2D eigenvalue weighted by Gasteiger charge is 2.23. The summed E-state index contributed by atoms with van der Waals surface area (Å²) in [6.07, 6.45) is 6.17. The standard InChI is InChI=1S/C17H26FNO/c1-4-13-6-5-7-14(9-13)20-17-8-11(2)16(18)10-15(17)12(3)19/h8,10,12-14H,4-7,9,19H2,1-3H3/t12-,13?,14?/m1/s1. The van der Waals surface area contributed by atoms with E-state index in [1.807, 2.05) is 6.92 Å². The van der Waals surface area contributed by atoms with E-state index in [1.165, 1.54) is 25.3 Å². The first-order valence-corrected chi connectivity index (χ1v) is 7.73. The predicted molar refractivity (Wildman–Crippen MR) is 80.4 cm³/mol. The zero-order chi connectivity index (χ0) is 14.7. The van der Waals surface area contributed by atoms with Gasteiger partial charge in [-0.25, -0.2) is 4.39 Å². The van der Waals surface area contributed by atoms with Crippen LogP contribution in [0.3, 0.4) is 0 Å². The van der Waals surface area contributed by atoms with Crippen LogP contribution in [-0.2, 0) is 0 Å². The third kappa shape index (κ3) is 3.51. The minimum absolute atomic E-state index is 0.209. The fraction of sp³-hybridized carbons (Fsp3) is 0.647. The monoisotopic (exact) mass is 279 g/mol. The van der Waals surface area contributed by atoms with E-state index in [1.54, 1.807) is 13.0 Å². The van der Waals surface area contributed by atoms with Crippen molar-refractivity contribution in [1.29, 1.82) is 0 Å². The Morgan fingerprint density at radius 3 is 2.80 bits per heavy atom. The molecular formula is C17H26FNO. The Hall–Kier alpha value is -1.09. The van der Waals surface area contributed by atoms with Crippen LogP contribution in [0.2, 0.25) is 0 Å². The molecule has 0 amide bonds. The van der Waals surface area contributed by atoms with Crippen molar-refractivity contribution in [2.75, 3.05) is 0 Å². The largest absolute Gasteiger partial charge is 0.490 e. The second kappa shape index (κ2) is 6.57. The second-order valence-corrected chi connectivity index (χ2v) is 6.11. The van der Waals surface area contributed by atoms with Gasteiger partial charge < -0.3 is 10.5 Å². The SMILES string of the molecule is CCC1CCCC(Oc2cc(C)c(F)cc2[C@@H](C)N)C1. The van der Waals surface area contributed by atoms with E-state index in [4.69, 9.17) is 10.5 Å². The van der Waals surface area contributed by atoms with Crippen molar-refractivity contribution in [1.82, 2.24) is 0 Å². The lowest BCUT2D eigenvalue weighted by Gasteiger charge is -2.30. The van der Waals surface area contributed by atoms with Gasteiger partial charge in [0.05, 0.1) is 6.10 Å². The molecule has 0 radical (unpaired) electrons. The average molecular weight is 279 g/mol. The van der Waals surface area contributed by atoms with Crippen LogP contribution in [0.5, 0.6) is 5.75 Å². The van der Waals surface area contributed by atoms with Crippen LogP contribution in [0.1, 0.15) is 63.1 Å². The average Bonchev–Trinajstić information content (AvgIpc) is 2.42. The molecule has 1 aromatic rings. The van der Waals surface area contributed by atoms with Gasteiger partial charge in [0.15, 0.2) is 0 Å². The quantitative estimate of drug-likeness (QED) is 0.880. The van der Waals surface area contributed by atoms with E-state index in [0.717, 1.165) is 30.1 Å². The Morgan fingerprint density at radius 1 is 1.40 bits per heavy atom. The van der Waals surface area contributed by atoms with Gasteiger partial charge in [0.25, 0.3) is 0 Å². The first-order valence-electron chi connectivity index (χ1n) is 7.73. The number of ether oxygens (including phenoxy) is 1. The van der Waals surface area contributed by atoms with Gasteiger partial charge in [0.1, 0.15) is 11.6 Å². The van der Waals surface area contributed by atoms with Crippen LogP contribution >= 0.6 is 0 Å². The molecule has 1 aromatic carbocycles. The van der Waals surface area contributed by atoms with Crippen LogP contribution in [0.15, 0.2) is 12.1 Å². The first kappa shape index (κ1) is 15.3. The summed E-state index contributed by atoms with van der Waals surface area (Å²) in [4.78, 5) is 0. The van der Waals surface area contributed by atoms with Crippen molar-refractivity contribution < 1.29 is 9.13 Å². The van der Waals surface area contributed by atoms with Crippen molar-refractivity contribution >= 4 is 0 Å². The van der Waals surface area contributed by atoms with Gasteiger partial charge in [-0.05, 0) is 56.7 Å². The van der Waals surface area contributed by atoms with Gasteiger partial charge in [-0.3, -0.25) is 0 Å². The van der Waals surface area contributed by atoms with Crippen molar-refractivity contribution in [3.8, 4) is 5.75 Å². The second-order valence-electron chi connectivity index (χ2n) is 6.11. The Morgan fingerprint density at radius 2 is 2.15 bits per heavy atom. The van der Waals surface area contributed by atoms with Crippen LogP contribution in [-0.4, -0.2) is 6.10 Å². The molecule has 1 saturated carbocycles. The van der Waals surface area contributed by atoms with Crippen LogP contribution < -0.4 is 10.5 Å². The zero-order valence-electron chi connectivity index (χ0n) is 12.8. The highest BCUT2D eigenvalue weighted by Crippen LogP contribution is 2.33. The summed E-state index contributed by atoms with van der Waals surface area (Å²) in [5.41, 5.74) is 7.33. The molecule has 1 aliphatic carbocycles. The molecule has 2 nitrogen and oxygen atoms in total. The molecule has 1 aliphatic rings. The fourth-order valence-corrected chi connectivity index (χ4v) is 3.03. The number of nitrogens with two attached hydrogens (primary N) is 1. The van der Waals surface area contributed by atoms with E-state index in [9.17, 15) is 4.39 Å². The Balaban J connectivity index is 2.17.